The number of anilines is 1. The second-order valence-electron chi connectivity index (χ2n) is 4.66. The number of amides is 1. The summed E-state index contributed by atoms with van der Waals surface area (Å²) in [5.41, 5.74) is 0.634. The Kier molecular flexibility index (Phi) is 8.84. The van der Waals surface area contributed by atoms with E-state index in [-0.39, 0.29) is 12.5 Å². The van der Waals surface area contributed by atoms with Crippen molar-refractivity contribution in [1.82, 2.24) is 4.90 Å². The van der Waals surface area contributed by atoms with Crippen LogP contribution in [-0.2, 0) is 14.3 Å². The summed E-state index contributed by atoms with van der Waals surface area (Å²) in [6, 6.07) is 5.12. The minimum atomic E-state index is -0.117. The van der Waals surface area contributed by atoms with Crippen molar-refractivity contribution in [3.05, 3.63) is 23.2 Å². The number of benzene rings is 1. The van der Waals surface area contributed by atoms with Gasteiger partial charge in [-0.05, 0) is 18.2 Å². The van der Waals surface area contributed by atoms with Crippen molar-refractivity contribution in [3.63, 3.8) is 0 Å². The number of methoxy groups -OCH3 is 3. The Morgan fingerprint density at radius 1 is 1.18 bits per heavy atom. The summed E-state index contributed by atoms with van der Waals surface area (Å²) in [4.78, 5) is 14.1. The lowest BCUT2D eigenvalue weighted by Crippen LogP contribution is -2.37. The Labute approximate surface area is 136 Å². The maximum Gasteiger partial charge on any atom is 0.238 e. The third kappa shape index (κ3) is 6.62. The molecule has 0 radical (unpaired) electrons. The first-order valence-corrected chi connectivity index (χ1v) is 7.32. The largest absolute Gasteiger partial charge is 0.495 e. The van der Waals surface area contributed by atoms with Gasteiger partial charge in [0.1, 0.15) is 5.75 Å². The van der Waals surface area contributed by atoms with Crippen molar-refractivity contribution in [1.29, 1.82) is 0 Å². The van der Waals surface area contributed by atoms with Crippen LogP contribution in [0, 0.1) is 0 Å². The van der Waals surface area contributed by atoms with Gasteiger partial charge in [-0.2, -0.15) is 0 Å². The van der Waals surface area contributed by atoms with Crippen LogP contribution in [0.2, 0.25) is 5.02 Å². The van der Waals surface area contributed by atoms with E-state index in [0.29, 0.717) is 42.8 Å². The zero-order valence-corrected chi connectivity index (χ0v) is 14.0. The van der Waals surface area contributed by atoms with Crippen molar-refractivity contribution in [2.75, 3.05) is 59.5 Å². The SMILES string of the molecule is COCCN(CCOC)CC(=O)Nc1ccc(OC)c(Cl)c1. The van der Waals surface area contributed by atoms with Gasteiger partial charge in [-0.25, -0.2) is 0 Å². The molecule has 1 aromatic rings. The van der Waals surface area contributed by atoms with E-state index in [1.807, 2.05) is 4.90 Å². The predicted molar refractivity (Wildman–Crippen MR) is 86.8 cm³/mol. The molecule has 124 valence electrons. The van der Waals surface area contributed by atoms with E-state index in [1.54, 1.807) is 39.5 Å². The number of hydrogen-bond donors (Lipinski definition) is 1. The highest BCUT2D eigenvalue weighted by molar-refractivity contribution is 6.32. The summed E-state index contributed by atoms with van der Waals surface area (Å²) in [5, 5.41) is 3.27. The zero-order chi connectivity index (χ0) is 16.4. The van der Waals surface area contributed by atoms with Gasteiger partial charge in [0.2, 0.25) is 5.91 Å². The predicted octanol–water partition coefficient (Wildman–Crippen LogP) is 1.88. The molecule has 0 spiro atoms. The summed E-state index contributed by atoms with van der Waals surface area (Å²) < 4.78 is 15.2. The van der Waals surface area contributed by atoms with Gasteiger partial charge in [-0.1, -0.05) is 11.6 Å². The molecular formula is C15H23ClN2O4. The fourth-order valence-corrected chi connectivity index (χ4v) is 2.12. The van der Waals surface area contributed by atoms with E-state index in [9.17, 15) is 4.79 Å². The molecule has 22 heavy (non-hydrogen) atoms. The molecule has 0 bridgehead atoms. The molecule has 0 unspecified atom stereocenters. The number of rotatable bonds is 10. The number of carbonyl (C=O) groups excluding carboxylic acids is 1. The molecule has 0 saturated heterocycles. The molecule has 0 aromatic heterocycles. The van der Waals surface area contributed by atoms with Gasteiger partial charge in [0.05, 0.1) is 31.9 Å². The minimum absolute atomic E-state index is 0.117. The third-order valence-electron chi connectivity index (χ3n) is 3.03. The van der Waals surface area contributed by atoms with Crippen molar-refractivity contribution in [2.45, 2.75) is 0 Å². The number of carbonyl (C=O) groups is 1. The van der Waals surface area contributed by atoms with Crippen LogP contribution in [0.4, 0.5) is 5.69 Å². The van der Waals surface area contributed by atoms with Gasteiger partial charge in [0.15, 0.2) is 0 Å². The van der Waals surface area contributed by atoms with E-state index in [1.165, 1.54) is 0 Å². The molecule has 0 fully saturated rings. The van der Waals surface area contributed by atoms with Gasteiger partial charge < -0.3 is 19.5 Å². The first-order valence-electron chi connectivity index (χ1n) is 6.94. The van der Waals surface area contributed by atoms with Crippen molar-refractivity contribution in [3.8, 4) is 5.75 Å². The molecule has 1 amide bonds. The Bertz CT molecular complexity index is 463. The topological polar surface area (TPSA) is 60.0 Å². The van der Waals surface area contributed by atoms with Crippen molar-refractivity contribution < 1.29 is 19.0 Å². The smallest absolute Gasteiger partial charge is 0.238 e. The van der Waals surface area contributed by atoms with E-state index < -0.39 is 0 Å². The first-order chi connectivity index (χ1) is 10.6. The zero-order valence-electron chi connectivity index (χ0n) is 13.2. The average molecular weight is 331 g/mol. The molecule has 1 N–H and O–H groups in total. The van der Waals surface area contributed by atoms with Crippen LogP contribution in [0.25, 0.3) is 0 Å². The summed E-state index contributed by atoms with van der Waals surface area (Å²) in [6.07, 6.45) is 0. The van der Waals surface area contributed by atoms with Crippen LogP contribution < -0.4 is 10.1 Å². The lowest BCUT2D eigenvalue weighted by atomic mass is 10.3. The van der Waals surface area contributed by atoms with Crippen LogP contribution in [-0.4, -0.2) is 65.0 Å². The third-order valence-corrected chi connectivity index (χ3v) is 3.32. The highest BCUT2D eigenvalue weighted by Gasteiger charge is 2.11. The molecule has 1 rings (SSSR count). The average Bonchev–Trinajstić information content (AvgIpc) is 2.50. The lowest BCUT2D eigenvalue weighted by molar-refractivity contribution is -0.117. The Hall–Kier alpha value is -1.34. The normalized spacial score (nSPS) is 10.8. The van der Waals surface area contributed by atoms with Gasteiger partial charge in [0, 0.05) is 33.0 Å². The molecule has 0 aliphatic carbocycles. The second kappa shape index (κ2) is 10.4. The fraction of sp³-hybridized carbons (Fsp3) is 0.533. The van der Waals surface area contributed by atoms with Crippen LogP contribution in [0.1, 0.15) is 0 Å². The van der Waals surface area contributed by atoms with Gasteiger partial charge in [0.25, 0.3) is 0 Å². The van der Waals surface area contributed by atoms with Crippen LogP contribution >= 0.6 is 11.6 Å². The van der Waals surface area contributed by atoms with E-state index in [4.69, 9.17) is 25.8 Å². The first kappa shape index (κ1) is 18.7. The van der Waals surface area contributed by atoms with Crippen molar-refractivity contribution >= 4 is 23.2 Å². The van der Waals surface area contributed by atoms with Gasteiger partial charge in [-0.3, -0.25) is 9.69 Å². The van der Waals surface area contributed by atoms with Gasteiger partial charge >= 0.3 is 0 Å². The summed E-state index contributed by atoms with van der Waals surface area (Å²) in [6.45, 7) is 2.71. The summed E-state index contributed by atoms with van der Waals surface area (Å²) >= 11 is 6.04. The van der Waals surface area contributed by atoms with E-state index in [2.05, 4.69) is 5.32 Å². The molecule has 1 aromatic carbocycles. The Morgan fingerprint density at radius 3 is 2.32 bits per heavy atom. The molecular weight excluding hydrogens is 308 g/mol. The molecule has 0 saturated carbocycles. The van der Waals surface area contributed by atoms with Crippen LogP contribution in [0.15, 0.2) is 18.2 Å². The highest BCUT2D eigenvalue weighted by Crippen LogP contribution is 2.27. The maximum atomic E-state index is 12.1. The monoisotopic (exact) mass is 330 g/mol. The van der Waals surface area contributed by atoms with Crippen LogP contribution in [0.5, 0.6) is 5.75 Å². The Balaban J connectivity index is 2.56. The van der Waals surface area contributed by atoms with Gasteiger partial charge in [-0.15, -0.1) is 0 Å². The number of ether oxygens (including phenoxy) is 3. The number of hydrogen-bond acceptors (Lipinski definition) is 5. The molecule has 0 heterocycles. The van der Waals surface area contributed by atoms with E-state index >= 15 is 0 Å². The standard InChI is InChI=1S/C15H23ClN2O4/c1-20-8-6-18(7-9-21-2)11-15(19)17-12-4-5-14(22-3)13(16)10-12/h4-5,10H,6-9,11H2,1-3H3,(H,17,19). The molecule has 0 aliphatic rings. The molecule has 7 heteroatoms. The fourth-order valence-electron chi connectivity index (χ4n) is 1.86. The van der Waals surface area contributed by atoms with Crippen LogP contribution in [0.3, 0.4) is 0 Å². The number of nitrogens with one attached hydrogen (secondary N) is 1. The quantitative estimate of drug-likeness (QED) is 0.710. The molecule has 0 atom stereocenters. The number of halogens is 1. The Morgan fingerprint density at radius 2 is 1.82 bits per heavy atom. The second-order valence-corrected chi connectivity index (χ2v) is 5.07. The maximum absolute atomic E-state index is 12.1. The summed E-state index contributed by atoms with van der Waals surface area (Å²) in [5.74, 6) is 0.454. The summed E-state index contributed by atoms with van der Waals surface area (Å²) in [7, 11) is 4.81. The highest BCUT2D eigenvalue weighted by atomic mass is 35.5. The van der Waals surface area contributed by atoms with Crippen molar-refractivity contribution in [2.24, 2.45) is 0 Å². The molecule has 6 nitrogen and oxygen atoms in total. The minimum Gasteiger partial charge on any atom is -0.495 e. The molecule has 0 aliphatic heterocycles. The van der Waals surface area contributed by atoms with E-state index in [0.717, 1.165) is 0 Å². The lowest BCUT2D eigenvalue weighted by Gasteiger charge is -2.21. The number of nitrogens with zero attached hydrogens (tertiary/aromatic N) is 1.